The number of hydrogen-bond acceptors (Lipinski definition) is 3. The summed E-state index contributed by atoms with van der Waals surface area (Å²) in [5.41, 5.74) is 7.65. The van der Waals surface area contributed by atoms with Gasteiger partial charge in [0, 0.05) is 11.5 Å². The van der Waals surface area contributed by atoms with Crippen molar-refractivity contribution in [3.63, 3.8) is 0 Å². The number of rotatable bonds is 6. The van der Waals surface area contributed by atoms with Crippen molar-refractivity contribution in [1.82, 2.24) is 0 Å². The molecule has 16 heavy (non-hydrogen) atoms. The highest BCUT2D eigenvalue weighted by atomic mass is 16.6. The molecule has 0 bridgehead atoms. The molecule has 0 aliphatic carbocycles. The van der Waals surface area contributed by atoms with Gasteiger partial charge in [-0.15, -0.1) is 0 Å². The fraction of sp³-hybridized carbons (Fsp3) is 0.909. The van der Waals surface area contributed by atoms with Gasteiger partial charge >= 0.3 is 5.97 Å². The number of ether oxygens (including phenoxy) is 1. The van der Waals surface area contributed by atoms with Crippen molar-refractivity contribution >= 4 is 5.97 Å². The topological polar surface area (TPSA) is 75.1 Å². The summed E-state index contributed by atoms with van der Waals surface area (Å²) in [5, 5.41) is 3.44. The lowest BCUT2D eigenvalue weighted by Gasteiger charge is -2.22. The first-order valence-corrected chi connectivity index (χ1v) is 5.60. The number of hydrogen-bond donors (Lipinski definition) is 0. The Morgan fingerprint density at radius 1 is 1.44 bits per heavy atom. The molecule has 0 saturated heterocycles. The number of carbonyl (C=O) groups excluding carboxylic acids is 1. The van der Waals surface area contributed by atoms with Crippen LogP contribution in [-0.4, -0.2) is 18.1 Å². The van der Waals surface area contributed by atoms with E-state index in [4.69, 9.17) is 10.3 Å². The van der Waals surface area contributed by atoms with Gasteiger partial charge in [-0.2, -0.15) is 0 Å². The molecule has 5 nitrogen and oxygen atoms in total. The summed E-state index contributed by atoms with van der Waals surface area (Å²) in [5.74, 6) is -0.249. The number of unbranched alkanes of at least 4 members (excludes halogenated alkanes) is 1. The van der Waals surface area contributed by atoms with Gasteiger partial charge in [0.05, 0.1) is 5.92 Å². The first kappa shape index (κ1) is 14.8. The number of azide groups is 1. The SMILES string of the molecule is CC(CCCCN=[N+]=[N-])C(=O)OC(C)(C)C. The molecule has 0 aromatic carbocycles. The third-order valence-electron chi connectivity index (χ3n) is 2.02. The Kier molecular flexibility index (Phi) is 6.58. The molecule has 0 fully saturated rings. The predicted octanol–water partition coefficient (Wildman–Crippen LogP) is 3.44. The highest BCUT2D eigenvalue weighted by Gasteiger charge is 2.20. The summed E-state index contributed by atoms with van der Waals surface area (Å²) in [4.78, 5) is 14.2. The second kappa shape index (κ2) is 7.12. The largest absolute Gasteiger partial charge is 0.460 e. The molecule has 0 heterocycles. The van der Waals surface area contributed by atoms with Crippen molar-refractivity contribution in [2.45, 2.75) is 52.6 Å². The van der Waals surface area contributed by atoms with Crippen molar-refractivity contribution in [2.24, 2.45) is 11.0 Å². The Balaban J connectivity index is 3.75. The van der Waals surface area contributed by atoms with Crippen LogP contribution in [0.2, 0.25) is 0 Å². The van der Waals surface area contributed by atoms with Crippen LogP contribution in [0.1, 0.15) is 47.0 Å². The fourth-order valence-electron chi connectivity index (χ4n) is 1.20. The second-order valence-electron chi connectivity index (χ2n) is 4.88. The van der Waals surface area contributed by atoms with Gasteiger partial charge in [-0.05, 0) is 39.1 Å². The third-order valence-corrected chi connectivity index (χ3v) is 2.02. The zero-order valence-corrected chi connectivity index (χ0v) is 10.6. The van der Waals surface area contributed by atoms with Crippen molar-refractivity contribution in [2.75, 3.05) is 6.54 Å². The lowest BCUT2D eigenvalue weighted by atomic mass is 10.0. The molecule has 1 atom stereocenters. The minimum atomic E-state index is -0.420. The van der Waals surface area contributed by atoms with Crippen LogP contribution in [-0.2, 0) is 9.53 Å². The van der Waals surface area contributed by atoms with Crippen molar-refractivity contribution < 1.29 is 9.53 Å². The maximum absolute atomic E-state index is 11.6. The molecule has 1 unspecified atom stereocenters. The van der Waals surface area contributed by atoms with Crippen LogP contribution in [0.3, 0.4) is 0 Å². The molecule has 0 aliphatic heterocycles. The Morgan fingerprint density at radius 2 is 2.06 bits per heavy atom. The molecule has 0 spiro atoms. The van der Waals surface area contributed by atoms with E-state index in [1.807, 2.05) is 27.7 Å². The first-order valence-electron chi connectivity index (χ1n) is 5.60. The number of carbonyl (C=O) groups is 1. The van der Waals surface area contributed by atoms with Gasteiger partial charge < -0.3 is 4.74 Å². The molecule has 0 amide bonds. The highest BCUT2D eigenvalue weighted by Crippen LogP contribution is 2.15. The van der Waals surface area contributed by atoms with E-state index in [1.165, 1.54) is 0 Å². The molecule has 92 valence electrons. The summed E-state index contributed by atoms with van der Waals surface area (Å²) in [6.07, 6.45) is 2.46. The van der Waals surface area contributed by atoms with E-state index in [-0.39, 0.29) is 11.9 Å². The minimum absolute atomic E-state index is 0.0923. The van der Waals surface area contributed by atoms with Gasteiger partial charge in [0.25, 0.3) is 0 Å². The van der Waals surface area contributed by atoms with Gasteiger partial charge in [-0.3, -0.25) is 4.79 Å². The van der Waals surface area contributed by atoms with Crippen LogP contribution >= 0.6 is 0 Å². The highest BCUT2D eigenvalue weighted by molar-refractivity contribution is 5.72. The van der Waals surface area contributed by atoms with Crippen LogP contribution < -0.4 is 0 Å². The second-order valence-corrected chi connectivity index (χ2v) is 4.88. The molecule has 5 heteroatoms. The van der Waals surface area contributed by atoms with E-state index >= 15 is 0 Å². The van der Waals surface area contributed by atoms with Crippen molar-refractivity contribution in [3.8, 4) is 0 Å². The van der Waals surface area contributed by atoms with Gasteiger partial charge in [-0.25, -0.2) is 0 Å². The Hall–Kier alpha value is -1.22. The van der Waals surface area contributed by atoms with Gasteiger partial charge in [0.1, 0.15) is 5.60 Å². The number of nitrogens with zero attached hydrogens (tertiary/aromatic N) is 3. The third kappa shape index (κ3) is 8.12. The normalized spacial score (nSPS) is 12.8. The maximum atomic E-state index is 11.6. The van der Waals surface area contributed by atoms with Crippen LogP contribution in [0.15, 0.2) is 5.11 Å². The van der Waals surface area contributed by atoms with Gasteiger partial charge in [0.2, 0.25) is 0 Å². The zero-order valence-electron chi connectivity index (χ0n) is 10.6. The standard InChI is InChI=1S/C11H21N3O2/c1-9(7-5-6-8-13-14-12)10(15)16-11(2,3)4/h9H,5-8H2,1-4H3. The zero-order chi connectivity index (χ0) is 12.6. The fourth-order valence-corrected chi connectivity index (χ4v) is 1.20. The minimum Gasteiger partial charge on any atom is -0.460 e. The van der Waals surface area contributed by atoms with Crippen molar-refractivity contribution in [1.29, 1.82) is 0 Å². The molecule has 0 aromatic heterocycles. The molecule has 0 N–H and O–H groups in total. The molecule has 0 saturated carbocycles. The van der Waals surface area contributed by atoms with E-state index in [9.17, 15) is 4.79 Å². The Labute approximate surface area is 96.8 Å². The maximum Gasteiger partial charge on any atom is 0.309 e. The number of esters is 1. The smallest absolute Gasteiger partial charge is 0.309 e. The molecule has 0 aliphatic rings. The average molecular weight is 227 g/mol. The predicted molar refractivity (Wildman–Crippen MR) is 62.9 cm³/mol. The molecular formula is C11H21N3O2. The summed E-state index contributed by atoms with van der Waals surface area (Å²) in [6, 6.07) is 0. The Morgan fingerprint density at radius 3 is 2.56 bits per heavy atom. The van der Waals surface area contributed by atoms with Gasteiger partial charge in [-0.1, -0.05) is 18.5 Å². The van der Waals surface area contributed by atoms with E-state index in [0.717, 1.165) is 19.3 Å². The lowest BCUT2D eigenvalue weighted by Crippen LogP contribution is -2.27. The monoisotopic (exact) mass is 227 g/mol. The van der Waals surface area contributed by atoms with Gasteiger partial charge in [0.15, 0.2) is 0 Å². The van der Waals surface area contributed by atoms with Crippen LogP contribution in [0.25, 0.3) is 10.4 Å². The lowest BCUT2D eigenvalue weighted by molar-refractivity contribution is -0.159. The van der Waals surface area contributed by atoms with Crippen molar-refractivity contribution in [3.05, 3.63) is 10.4 Å². The van der Waals surface area contributed by atoms with Crippen LogP contribution in [0.4, 0.5) is 0 Å². The first-order chi connectivity index (χ1) is 7.37. The summed E-state index contributed by atoms with van der Waals surface area (Å²) in [7, 11) is 0. The van der Waals surface area contributed by atoms with E-state index in [2.05, 4.69) is 10.0 Å². The Bertz CT molecular complexity index is 265. The quantitative estimate of drug-likeness (QED) is 0.229. The summed E-state index contributed by atoms with van der Waals surface area (Å²) in [6.45, 7) is 7.94. The van der Waals surface area contributed by atoms with E-state index in [1.54, 1.807) is 0 Å². The van der Waals surface area contributed by atoms with E-state index in [0.29, 0.717) is 6.54 Å². The van der Waals surface area contributed by atoms with E-state index < -0.39 is 5.60 Å². The molecular weight excluding hydrogens is 206 g/mol. The molecule has 0 radical (unpaired) electrons. The summed E-state index contributed by atoms with van der Waals surface area (Å²) >= 11 is 0. The average Bonchev–Trinajstić information content (AvgIpc) is 2.14. The van der Waals surface area contributed by atoms with Crippen LogP contribution in [0.5, 0.6) is 0 Å². The molecule has 0 aromatic rings. The van der Waals surface area contributed by atoms with Crippen LogP contribution in [0, 0.1) is 5.92 Å². The molecule has 0 rings (SSSR count). The summed E-state index contributed by atoms with van der Waals surface area (Å²) < 4.78 is 5.26.